The van der Waals surface area contributed by atoms with Crippen LogP contribution < -0.4 is 5.56 Å². The zero-order chi connectivity index (χ0) is 19.2. The smallest absolute Gasteiger partial charge is 0.255 e. The molecule has 1 aliphatic carbocycles. The highest BCUT2D eigenvalue weighted by Crippen LogP contribution is 2.21. The predicted molar refractivity (Wildman–Crippen MR) is 105 cm³/mol. The van der Waals surface area contributed by atoms with Crippen molar-refractivity contribution < 1.29 is 4.79 Å². The van der Waals surface area contributed by atoms with Crippen molar-refractivity contribution in [2.75, 3.05) is 7.05 Å². The quantitative estimate of drug-likeness (QED) is 0.898. The number of hydrogen-bond donors (Lipinski definition) is 1. The summed E-state index contributed by atoms with van der Waals surface area (Å²) >= 11 is 0. The molecule has 0 unspecified atom stereocenters. The Balaban J connectivity index is 1.74. The van der Waals surface area contributed by atoms with E-state index in [1.807, 2.05) is 24.1 Å². The molecule has 0 radical (unpaired) electrons. The maximum atomic E-state index is 12.8. The van der Waals surface area contributed by atoms with Crippen molar-refractivity contribution in [3.05, 3.63) is 46.0 Å². The number of nitrogens with zero attached hydrogens (tertiary/aromatic N) is 3. The molecule has 6 heteroatoms. The van der Waals surface area contributed by atoms with Crippen LogP contribution in [0.5, 0.6) is 0 Å². The molecule has 27 heavy (non-hydrogen) atoms. The van der Waals surface area contributed by atoms with Crippen LogP contribution in [0.3, 0.4) is 0 Å². The fourth-order valence-corrected chi connectivity index (χ4v) is 3.74. The van der Waals surface area contributed by atoms with E-state index < -0.39 is 0 Å². The summed E-state index contributed by atoms with van der Waals surface area (Å²) in [5.41, 5.74) is 1.38. The van der Waals surface area contributed by atoms with Gasteiger partial charge in [-0.25, -0.2) is 4.98 Å². The summed E-state index contributed by atoms with van der Waals surface area (Å²) in [7, 11) is 1.87. The van der Waals surface area contributed by atoms with Crippen molar-refractivity contribution in [2.45, 2.75) is 64.3 Å². The molecule has 1 N–H and O–H groups in total. The van der Waals surface area contributed by atoms with E-state index in [-0.39, 0.29) is 23.9 Å². The van der Waals surface area contributed by atoms with Crippen molar-refractivity contribution in [1.29, 1.82) is 0 Å². The summed E-state index contributed by atoms with van der Waals surface area (Å²) < 4.78 is 0. The predicted octanol–water partition coefficient (Wildman–Crippen LogP) is 3.25. The van der Waals surface area contributed by atoms with Gasteiger partial charge in [0.2, 0.25) is 5.91 Å². The number of carbonyl (C=O) groups excluding carboxylic acids is 1. The lowest BCUT2D eigenvalue weighted by Gasteiger charge is -2.30. The van der Waals surface area contributed by atoms with Gasteiger partial charge in [-0.15, -0.1) is 0 Å². The van der Waals surface area contributed by atoms with Gasteiger partial charge in [0.25, 0.3) is 5.56 Å². The fraction of sp³-hybridized carbons (Fsp3) is 0.524. The van der Waals surface area contributed by atoms with Crippen LogP contribution in [0.15, 0.2) is 29.2 Å². The minimum Gasteiger partial charge on any atom is -0.342 e. The number of amides is 1. The Morgan fingerprint density at radius 2 is 1.89 bits per heavy atom. The van der Waals surface area contributed by atoms with Crippen LogP contribution in [-0.4, -0.2) is 38.8 Å². The van der Waals surface area contributed by atoms with E-state index in [0.717, 1.165) is 12.8 Å². The van der Waals surface area contributed by atoms with Crippen LogP contribution in [0.2, 0.25) is 0 Å². The summed E-state index contributed by atoms with van der Waals surface area (Å²) in [4.78, 5) is 38.7. The van der Waals surface area contributed by atoms with Gasteiger partial charge in [0.05, 0.1) is 6.42 Å². The Bertz CT molecular complexity index is 824. The monoisotopic (exact) mass is 368 g/mol. The molecule has 0 atom stereocenters. The average Bonchev–Trinajstić information content (AvgIpc) is 2.64. The third-order valence-electron chi connectivity index (χ3n) is 5.47. The maximum Gasteiger partial charge on any atom is 0.255 e. The van der Waals surface area contributed by atoms with Crippen molar-refractivity contribution in [3.63, 3.8) is 0 Å². The molecule has 0 spiro atoms. The Kier molecular flexibility index (Phi) is 6.37. The maximum absolute atomic E-state index is 12.8. The topological polar surface area (TPSA) is 79.0 Å². The highest BCUT2D eigenvalue weighted by Gasteiger charge is 2.22. The van der Waals surface area contributed by atoms with E-state index in [2.05, 4.69) is 15.0 Å². The largest absolute Gasteiger partial charge is 0.342 e. The lowest BCUT2D eigenvalue weighted by molar-refractivity contribution is -0.131. The highest BCUT2D eigenvalue weighted by molar-refractivity contribution is 5.79. The number of H-pyrrole nitrogens is 1. The lowest BCUT2D eigenvalue weighted by Crippen LogP contribution is -2.39. The molecule has 1 saturated carbocycles. The number of aromatic nitrogens is 3. The van der Waals surface area contributed by atoms with Gasteiger partial charge in [-0.2, -0.15) is 0 Å². The average molecular weight is 368 g/mol. The summed E-state index contributed by atoms with van der Waals surface area (Å²) in [6.07, 6.45) is 9.97. The summed E-state index contributed by atoms with van der Waals surface area (Å²) in [5.74, 6) is 0.421. The van der Waals surface area contributed by atoms with E-state index in [1.165, 1.54) is 32.1 Å². The second kappa shape index (κ2) is 8.93. The van der Waals surface area contributed by atoms with E-state index in [1.54, 1.807) is 19.2 Å². The molecule has 2 aromatic rings. The van der Waals surface area contributed by atoms with Crippen LogP contribution in [0.25, 0.3) is 11.5 Å². The normalized spacial score (nSPS) is 15.8. The second-order valence-electron chi connectivity index (χ2n) is 7.37. The van der Waals surface area contributed by atoms with Crippen molar-refractivity contribution in [2.24, 2.45) is 0 Å². The Hall–Kier alpha value is -2.50. The molecular formula is C21H28N4O2. The van der Waals surface area contributed by atoms with E-state index >= 15 is 0 Å². The molecule has 0 aromatic carbocycles. The van der Waals surface area contributed by atoms with Gasteiger partial charge < -0.3 is 9.88 Å². The number of carbonyl (C=O) groups is 1. The summed E-state index contributed by atoms with van der Waals surface area (Å²) in [6.45, 7) is 1.78. The summed E-state index contributed by atoms with van der Waals surface area (Å²) in [6, 6.07) is 5.73. The van der Waals surface area contributed by atoms with Crippen LogP contribution >= 0.6 is 0 Å². The third-order valence-corrected chi connectivity index (χ3v) is 5.47. The molecule has 1 aliphatic rings. The molecule has 1 amide bonds. The van der Waals surface area contributed by atoms with Gasteiger partial charge in [-0.05, 0) is 31.9 Å². The Labute approximate surface area is 160 Å². The third kappa shape index (κ3) is 4.81. The SMILES string of the molecule is Cc1nc(-c2ccccn2)[nH]c(=O)c1CC(=O)N(C)C1CCCCCCC1. The number of likely N-dealkylation sites (N-methyl/N-ethyl adjacent to an activating group) is 1. The molecule has 2 aromatic heterocycles. The van der Waals surface area contributed by atoms with Crippen LogP contribution in [0, 0.1) is 6.92 Å². The second-order valence-corrected chi connectivity index (χ2v) is 7.37. The molecule has 0 bridgehead atoms. The van der Waals surface area contributed by atoms with Crippen LogP contribution in [0.1, 0.15) is 56.2 Å². The first-order chi connectivity index (χ1) is 13.1. The molecule has 0 saturated heterocycles. The first-order valence-corrected chi connectivity index (χ1v) is 9.83. The number of rotatable bonds is 4. The van der Waals surface area contributed by atoms with Gasteiger partial charge >= 0.3 is 0 Å². The molecule has 3 rings (SSSR count). The molecular weight excluding hydrogens is 340 g/mol. The van der Waals surface area contributed by atoms with Crippen molar-refractivity contribution in [1.82, 2.24) is 19.9 Å². The molecule has 1 fully saturated rings. The number of nitrogens with one attached hydrogen (secondary N) is 1. The van der Waals surface area contributed by atoms with Crippen LogP contribution in [0.4, 0.5) is 0 Å². The van der Waals surface area contributed by atoms with Gasteiger partial charge in [0, 0.05) is 30.5 Å². The van der Waals surface area contributed by atoms with Crippen molar-refractivity contribution in [3.8, 4) is 11.5 Å². The van der Waals surface area contributed by atoms with E-state index in [0.29, 0.717) is 22.8 Å². The molecule has 2 heterocycles. The molecule has 144 valence electrons. The Morgan fingerprint density at radius 1 is 1.19 bits per heavy atom. The zero-order valence-electron chi connectivity index (χ0n) is 16.2. The van der Waals surface area contributed by atoms with Crippen LogP contribution in [-0.2, 0) is 11.2 Å². The number of hydrogen-bond acceptors (Lipinski definition) is 4. The number of aryl methyl sites for hydroxylation is 1. The first-order valence-electron chi connectivity index (χ1n) is 9.83. The highest BCUT2D eigenvalue weighted by atomic mass is 16.2. The molecule has 6 nitrogen and oxygen atoms in total. The molecule has 0 aliphatic heterocycles. The van der Waals surface area contributed by atoms with Gasteiger partial charge in [-0.3, -0.25) is 14.6 Å². The van der Waals surface area contributed by atoms with E-state index in [9.17, 15) is 9.59 Å². The zero-order valence-corrected chi connectivity index (χ0v) is 16.2. The van der Waals surface area contributed by atoms with Crippen molar-refractivity contribution >= 4 is 5.91 Å². The van der Waals surface area contributed by atoms with Gasteiger partial charge in [0.1, 0.15) is 5.69 Å². The minimum atomic E-state index is -0.262. The van der Waals surface area contributed by atoms with Gasteiger partial charge in [0.15, 0.2) is 5.82 Å². The van der Waals surface area contributed by atoms with Gasteiger partial charge in [-0.1, -0.05) is 38.2 Å². The standard InChI is InChI=1S/C21H28N4O2/c1-15-17(21(27)24-20(23-15)18-12-8-9-13-22-18)14-19(26)25(2)16-10-6-4-3-5-7-11-16/h8-9,12-13,16H,3-7,10-11,14H2,1-2H3,(H,23,24,27). The Morgan fingerprint density at radius 3 is 2.52 bits per heavy atom. The minimum absolute atomic E-state index is 0.0124. The number of pyridine rings is 1. The summed E-state index contributed by atoms with van der Waals surface area (Å²) in [5, 5.41) is 0. The lowest BCUT2D eigenvalue weighted by atomic mass is 9.95. The number of aromatic amines is 1. The first kappa shape index (κ1) is 19.3. The fourth-order valence-electron chi connectivity index (χ4n) is 3.74. The van der Waals surface area contributed by atoms with E-state index in [4.69, 9.17) is 0 Å².